The molecule has 0 atom stereocenters. The number of aromatic nitrogens is 3. The monoisotopic (exact) mass is 507 g/mol. The summed E-state index contributed by atoms with van der Waals surface area (Å²) in [5.41, 5.74) is 1.97. The average molecular weight is 508 g/mol. The minimum Gasteiger partial charge on any atom is -0.313 e. The molecule has 2 heterocycles. The van der Waals surface area contributed by atoms with E-state index in [1.54, 1.807) is 42.7 Å². The highest BCUT2D eigenvalue weighted by Gasteiger charge is 2.25. The molecule has 184 valence electrons. The van der Waals surface area contributed by atoms with E-state index in [-0.39, 0.29) is 27.6 Å². The second-order valence-electron chi connectivity index (χ2n) is 8.85. The molecule has 0 amide bonds. The van der Waals surface area contributed by atoms with Crippen LogP contribution in [0.2, 0.25) is 0 Å². The number of fused-ring (bicyclic) bond motifs is 2. The second kappa shape index (κ2) is 9.02. The Morgan fingerprint density at radius 1 is 1.08 bits per heavy atom. The van der Waals surface area contributed by atoms with E-state index in [4.69, 9.17) is 5.48 Å². The van der Waals surface area contributed by atoms with Gasteiger partial charge in [-0.2, -0.15) is 17.6 Å². The Morgan fingerprint density at radius 3 is 2.50 bits per heavy atom. The van der Waals surface area contributed by atoms with E-state index in [1.165, 1.54) is 42.6 Å². The van der Waals surface area contributed by atoms with Gasteiger partial charge in [-0.15, -0.1) is 0 Å². The lowest BCUT2D eigenvalue weighted by molar-refractivity contribution is -0.107. The molecule has 0 N–H and O–H groups in total. The first-order valence-electron chi connectivity index (χ1n) is 13.3. The van der Waals surface area contributed by atoms with Gasteiger partial charge in [0.05, 0.1) is 22.1 Å². The number of hydrogen-bond donors (Lipinski definition) is 0. The fraction of sp³-hybridized carbons (Fsp3) is 0.214. The number of carbonyl (C=O) groups is 1. The van der Waals surface area contributed by atoms with Crippen LogP contribution in [0.5, 0.6) is 0 Å². The van der Waals surface area contributed by atoms with Crippen molar-refractivity contribution in [2.24, 2.45) is 0 Å². The van der Waals surface area contributed by atoms with Gasteiger partial charge in [-0.25, -0.2) is 4.39 Å². The van der Waals surface area contributed by atoms with Crippen molar-refractivity contribution in [3.05, 3.63) is 89.5 Å². The van der Waals surface area contributed by atoms with E-state index < -0.39 is 34.5 Å². The molecule has 0 aliphatic rings. The maximum atomic E-state index is 14.4. The van der Waals surface area contributed by atoms with Gasteiger partial charge in [-0.3, -0.25) is 0 Å². The molecule has 0 saturated carbocycles. The molecule has 0 spiro atoms. The largest absolute Gasteiger partial charge is 0.313 e. The molecule has 0 unspecified atom stereocenters. The highest BCUT2D eigenvalue weighted by Crippen LogP contribution is 2.37. The molecule has 0 aliphatic heterocycles. The van der Waals surface area contributed by atoms with E-state index in [9.17, 15) is 17.6 Å². The van der Waals surface area contributed by atoms with Crippen molar-refractivity contribution >= 4 is 38.1 Å². The summed E-state index contributed by atoms with van der Waals surface area (Å²) in [6, 6.07) is 15.0. The first kappa shape index (κ1) is 19.4. The maximum Gasteiger partial charge on any atom is 0.283 e. The van der Waals surface area contributed by atoms with Gasteiger partial charge in [0.1, 0.15) is 12.1 Å². The first-order chi connectivity index (χ1) is 18.7. The Labute approximate surface area is 214 Å². The Morgan fingerprint density at radius 2 is 1.83 bits per heavy atom. The standard InChI is InChI=1S/C28H26FN3O3S/c1-18(2)28-24(8-5-13-33)25-16-26-20(14-27(25)31(28)22-7-4-6-21(29)15-22)17-30-32(26)36(34,35)23-11-9-19(3)10-12-23/h4,6-7,9-18H,5,8H2,1-3H3/i5D2,8D2. The molecule has 0 bridgehead atoms. The Balaban J connectivity index is 1.93. The highest BCUT2D eigenvalue weighted by atomic mass is 32.2. The summed E-state index contributed by atoms with van der Waals surface area (Å²) < 4.78 is 78.1. The minimum absolute atomic E-state index is 0.0104. The van der Waals surface area contributed by atoms with Crippen LogP contribution in [0.3, 0.4) is 0 Å². The summed E-state index contributed by atoms with van der Waals surface area (Å²) >= 11 is 0. The fourth-order valence-corrected chi connectivity index (χ4v) is 5.75. The van der Waals surface area contributed by atoms with Crippen LogP contribution in [0.25, 0.3) is 27.5 Å². The van der Waals surface area contributed by atoms with E-state index in [2.05, 4.69) is 5.10 Å². The van der Waals surface area contributed by atoms with Gasteiger partial charge in [-0.1, -0.05) is 37.6 Å². The molecule has 8 heteroatoms. The van der Waals surface area contributed by atoms with Gasteiger partial charge in [0, 0.05) is 34.0 Å². The van der Waals surface area contributed by atoms with E-state index in [1.807, 2.05) is 6.92 Å². The quantitative estimate of drug-likeness (QED) is 0.256. The number of nitrogens with zero attached hydrogens (tertiary/aromatic N) is 3. The van der Waals surface area contributed by atoms with Crippen LogP contribution in [0.15, 0.2) is 71.8 Å². The lowest BCUT2D eigenvalue weighted by Crippen LogP contribution is -2.14. The zero-order chi connectivity index (χ0) is 29.2. The van der Waals surface area contributed by atoms with Crippen molar-refractivity contribution in [1.82, 2.24) is 13.8 Å². The molecule has 0 aliphatic carbocycles. The minimum atomic E-state index is -4.14. The summed E-state index contributed by atoms with van der Waals surface area (Å²) in [7, 11) is -4.14. The fourth-order valence-electron chi connectivity index (χ4n) is 4.48. The molecule has 0 fully saturated rings. The Bertz CT molecular complexity index is 1900. The normalized spacial score (nSPS) is 14.6. The molecular weight excluding hydrogens is 477 g/mol. The summed E-state index contributed by atoms with van der Waals surface area (Å²) in [5, 5.41) is 4.73. The van der Waals surface area contributed by atoms with Gasteiger partial charge in [-0.05, 0) is 67.2 Å². The van der Waals surface area contributed by atoms with E-state index in [0.29, 0.717) is 22.3 Å². The SMILES string of the molecule is [2H]C([2H])(C=O)C([2H])([2H])c1c(C(C)C)n(-c2cccc(F)c2)c2cc3cnn(S(=O)(=O)c4ccc(C)cc4)c3cc12. The molecule has 0 radical (unpaired) electrons. The summed E-state index contributed by atoms with van der Waals surface area (Å²) in [5.74, 6) is -0.931. The van der Waals surface area contributed by atoms with Crippen LogP contribution in [-0.2, 0) is 21.2 Å². The van der Waals surface area contributed by atoms with Gasteiger partial charge >= 0.3 is 0 Å². The van der Waals surface area contributed by atoms with Crippen LogP contribution in [-0.4, -0.2) is 28.5 Å². The van der Waals surface area contributed by atoms with Crippen LogP contribution in [0, 0.1) is 12.7 Å². The maximum absolute atomic E-state index is 14.4. The third kappa shape index (κ3) is 3.91. The topological polar surface area (TPSA) is 74.0 Å². The summed E-state index contributed by atoms with van der Waals surface area (Å²) in [6.45, 7) is 5.40. The van der Waals surface area contributed by atoms with Crippen molar-refractivity contribution in [3.63, 3.8) is 0 Å². The van der Waals surface area contributed by atoms with Crippen LogP contribution in [0.4, 0.5) is 4.39 Å². The predicted molar refractivity (Wildman–Crippen MR) is 139 cm³/mol. The number of halogens is 1. The summed E-state index contributed by atoms with van der Waals surface area (Å²) in [6.07, 6.45) is -4.47. The number of carbonyl (C=O) groups excluding carboxylic acids is 1. The number of benzene rings is 3. The van der Waals surface area contributed by atoms with Crippen LogP contribution >= 0.6 is 0 Å². The van der Waals surface area contributed by atoms with E-state index >= 15 is 0 Å². The van der Waals surface area contributed by atoms with Crippen LogP contribution < -0.4 is 0 Å². The van der Waals surface area contributed by atoms with Gasteiger partial charge in [0.2, 0.25) is 0 Å². The Hall–Kier alpha value is -3.78. The summed E-state index contributed by atoms with van der Waals surface area (Å²) in [4.78, 5) is 11.8. The van der Waals surface area contributed by atoms with Crippen molar-refractivity contribution in [1.29, 1.82) is 0 Å². The number of rotatable bonds is 7. The number of aldehydes is 1. The first-order valence-corrected chi connectivity index (χ1v) is 12.8. The van der Waals surface area contributed by atoms with Crippen LogP contribution in [0.1, 0.15) is 48.4 Å². The predicted octanol–water partition coefficient (Wildman–Crippen LogP) is 5.92. The molecule has 0 saturated heterocycles. The van der Waals surface area contributed by atoms with E-state index in [0.717, 1.165) is 9.65 Å². The van der Waals surface area contributed by atoms with Gasteiger partial charge < -0.3 is 9.36 Å². The highest BCUT2D eigenvalue weighted by molar-refractivity contribution is 7.90. The molecular formula is C28H26FN3O3S. The van der Waals surface area contributed by atoms with Gasteiger partial charge in [0.15, 0.2) is 0 Å². The number of hydrogen-bond acceptors (Lipinski definition) is 4. The molecule has 3 aromatic carbocycles. The third-order valence-electron chi connectivity index (χ3n) is 6.08. The molecule has 5 rings (SSSR count). The zero-order valence-electron chi connectivity index (χ0n) is 23.9. The lowest BCUT2D eigenvalue weighted by atomic mass is 9.99. The second-order valence-corrected chi connectivity index (χ2v) is 10.6. The van der Waals surface area contributed by atoms with Crippen molar-refractivity contribution < 1.29 is 23.1 Å². The Kier molecular flexibility index (Phi) is 4.86. The molecule has 2 aromatic heterocycles. The van der Waals surface area contributed by atoms with Crippen molar-refractivity contribution in [2.45, 2.75) is 44.3 Å². The molecule has 6 nitrogen and oxygen atoms in total. The smallest absolute Gasteiger partial charge is 0.283 e. The van der Waals surface area contributed by atoms with Crippen molar-refractivity contribution in [2.75, 3.05) is 0 Å². The number of aryl methyl sites for hydroxylation is 2. The lowest BCUT2D eigenvalue weighted by Gasteiger charge is -2.15. The van der Waals surface area contributed by atoms with Gasteiger partial charge in [0.25, 0.3) is 10.0 Å². The molecule has 5 aromatic rings. The third-order valence-corrected chi connectivity index (χ3v) is 7.69. The molecule has 36 heavy (non-hydrogen) atoms. The van der Waals surface area contributed by atoms with Crippen molar-refractivity contribution in [3.8, 4) is 5.69 Å². The average Bonchev–Trinajstić information content (AvgIpc) is 3.47. The zero-order valence-corrected chi connectivity index (χ0v) is 20.7.